The molecule has 0 spiro atoms. The zero-order valence-corrected chi connectivity index (χ0v) is 16.3. The van der Waals surface area contributed by atoms with Crippen molar-refractivity contribution in [3.8, 4) is 16.9 Å². The Kier molecular flexibility index (Phi) is 4.52. The highest BCUT2D eigenvalue weighted by Gasteiger charge is 2.33. The fourth-order valence-electron chi connectivity index (χ4n) is 3.36. The van der Waals surface area contributed by atoms with Gasteiger partial charge in [0.15, 0.2) is 5.78 Å². The SMILES string of the molecule is COc1cc(-c2cn[nH]c2)ccc1S(=O)(=O)N1Cc2ccc(C(C)=O)cc2C1. The van der Waals surface area contributed by atoms with Crippen molar-refractivity contribution in [1.82, 2.24) is 14.5 Å². The first-order chi connectivity index (χ1) is 13.4. The molecule has 0 fully saturated rings. The monoisotopic (exact) mass is 397 g/mol. The first-order valence-electron chi connectivity index (χ1n) is 8.70. The van der Waals surface area contributed by atoms with Crippen LogP contribution in [0.15, 0.2) is 53.7 Å². The second-order valence-electron chi connectivity index (χ2n) is 6.67. The topological polar surface area (TPSA) is 92.4 Å². The van der Waals surface area contributed by atoms with Gasteiger partial charge in [0.25, 0.3) is 0 Å². The van der Waals surface area contributed by atoms with Crippen LogP contribution in [0, 0.1) is 0 Å². The molecule has 1 aromatic heterocycles. The number of Topliss-reactive ketones (excluding diaryl/α,β-unsaturated/α-hetero) is 1. The van der Waals surface area contributed by atoms with E-state index in [2.05, 4.69) is 10.2 Å². The zero-order chi connectivity index (χ0) is 19.9. The fraction of sp³-hybridized carbons (Fsp3) is 0.200. The number of benzene rings is 2. The summed E-state index contributed by atoms with van der Waals surface area (Å²) in [5, 5.41) is 6.65. The predicted molar refractivity (Wildman–Crippen MR) is 103 cm³/mol. The van der Waals surface area contributed by atoms with Gasteiger partial charge in [-0.05, 0) is 41.8 Å². The Morgan fingerprint density at radius 1 is 1.11 bits per heavy atom. The summed E-state index contributed by atoms with van der Waals surface area (Å²) in [5.41, 5.74) is 3.99. The number of carbonyl (C=O) groups excluding carboxylic acids is 1. The predicted octanol–water partition coefficient (Wildman–Crippen LogP) is 2.99. The van der Waals surface area contributed by atoms with Gasteiger partial charge in [0.05, 0.1) is 13.3 Å². The molecule has 3 aromatic rings. The van der Waals surface area contributed by atoms with E-state index >= 15 is 0 Å². The Morgan fingerprint density at radius 3 is 2.57 bits per heavy atom. The maximum Gasteiger partial charge on any atom is 0.247 e. The Balaban J connectivity index is 1.68. The van der Waals surface area contributed by atoms with Gasteiger partial charge in [-0.25, -0.2) is 8.42 Å². The average molecular weight is 397 g/mol. The van der Waals surface area contributed by atoms with E-state index in [9.17, 15) is 13.2 Å². The van der Waals surface area contributed by atoms with Gasteiger partial charge in [-0.15, -0.1) is 0 Å². The van der Waals surface area contributed by atoms with Crippen molar-refractivity contribution < 1.29 is 17.9 Å². The summed E-state index contributed by atoms with van der Waals surface area (Å²) >= 11 is 0. The van der Waals surface area contributed by atoms with Crippen LogP contribution in [0.3, 0.4) is 0 Å². The van der Waals surface area contributed by atoms with Crippen LogP contribution in [0.4, 0.5) is 0 Å². The van der Waals surface area contributed by atoms with E-state index in [0.29, 0.717) is 5.56 Å². The number of sulfonamides is 1. The van der Waals surface area contributed by atoms with Gasteiger partial charge in [0.1, 0.15) is 10.6 Å². The second-order valence-corrected chi connectivity index (χ2v) is 8.57. The van der Waals surface area contributed by atoms with E-state index < -0.39 is 10.0 Å². The maximum atomic E-state index is 13.3. The molecular weight excluding hydrogens is 378 g/mol. The standard InChI is InChI=1S/C20H19N3O4S/c1-13(24)14-3-4-16-11-23(12-17(16)7-14)28(25,26)20-6-5-15(8-19(20)27-2)18-9-21-22-10-18/h3-10H,11-12H2,1-2H3,(H,21,22). The van der Waals surface area contributed by atoms with Crippen molar-refractivity contribution in [2.45, 2.75) is 24.9 Å². The van der Waals surface area contributed by atoms with Crippen LogP contribution in [-0.2, 0) is 23.1 Å². The molecule has 0 bridgehead atoms. The highest BCUT2D eigenvalue weighted by molar-refractivity contribution is 7.89. The number of hydrogen-bond donors (Lipinski definition) is 1. The minimum Gasteiger partial charge on any atom is -0.495 e. The van der Waals surface area contributed by atoms with E-state index in [-0.39, 0.29) is 29.5 Å². The van der Waals surface area contributed by atoms with Crippen LogP contribution < -0.4 is 4.74 Å². The van der Waals surface area contributed by atoms with Crippen LogP contribution in [-0.4, -0.2) is 35.8 Å². The maximum absolute atomic E-state index is 13.3. The molecule has 2 aromatic carbocycles. The van der Waals surface area contributed by atoms with Gasteiger partial charge in [0, 0.05) is 30.4 Å². The van der Waals surface area contributed by atoms with Crippen molar-refractivity contribution in [1.29, 1.82) is 0 Å². The van der Waals surface area contributed by atoms with Crippen LogP contribution in [0.2, 0.25) is 0 Å². The van der Waals surface area contributed by atoms with Gasteiger partial charge in [0.2, 0.25) is 10.0 Å². The highest BCUT2D eigenvalue weighted by Crippen LogP contribution is 2.35. The molecule has 28 heavy (non-hydrogen) atoms. The van der Waals surface area contributed by atoms with Gasteiger partial charge in [-0.2, -0.15) is 9.40 Å². The average Bonchev–Trinajstić information content (AvgIpc) is 3.36. The molecule has 1 aliphatic heterocycles. The van der Waals surface area contributed by atoms with Crippen molar-refractivity contribution in [3.63, 3.8) is 0 Å². The van der Waals surface area contributed by atoms with Crippen molar-refractivity contribution >= 4 is 15.8 Å². The summed E-state index contributed by atoms with van der Waals surface area (Å²) in [6.07, 6.45) is 3.39. The van der Waals surface area contributed by atoms with E-state index in [1.54, 1.807) is 42.7 Å². The minimum absolute atomic E-state index is 0.0411. The Labute approximate surface area is 163 Å². The van der Waals surface area contributed by atoms with Crippen molar-refractivity contribution in [3.05, 3.63) is 65.5 Å². The number of carbonyl (C=O) groups is 1. The third-order valence-corrected chi connectivity index (χ3v) is 6.75. The van der Waals surface area contributed by atoms with E-state index in [1.165, 1.54) is 18.3 Å². The summed E-state index contributed by atoms with van der Waals surface area (Å²) in [6.45, 7) is 1.99. The molecule has 0 atom stereocenters. The largest absolute Gasteiger partial charge is 0.495 e. The quantitative estimate of drug-likeness (QED) is 0.668. The third kappa shape index (κ3) is 3.10. The molecule has 0 radical (unpaired) electrons. The number of rotatable bonds is 5. The van der Waals surface area contributed by atoms with E-state index in [1.807, 2.05) is 6.07 Å². The van der Waals surface area contributed by atoms with Crippen molar-refractivity contribution in [2.24, 2.45) is 0 Å². The minimum atomic E-state index is -3.77. The lowest BCUT2D eigenvalue weighted by molar-refractivity contribution is 0.101. The summed E-state index contributed by atoms with van der Waals surface area (Å²) in [6, 6.07) is 10.3. The first kappa shape index (κ1) is 18.4. The summed E-state index contributed by atoms with van der Waals surface area (Å²) in [5.74, 6) is 0.236. The molecule has 1 aliphatic rings. The number of ether oxygens (including phenoxy) is 1. The first-order valence-corrected chi connectivity index (χ1v) is 10.1. The Morgan fingerprint density at radius 2 is 1.89 bits per heavy atom. The lowest BCUT2D eigenvalue weighted by Crippen LogP contribution is -2.26. The Hall–Kier alpha value is -2.97. The molecule has 0 amide bonds. The number of H-pyrrole nitrogens is 1. The molecule has 1 N–H and O–H groups in total. The second kappa shape index (κ2) is 6.88. The highest BCUT2D eigenvalue weighted by atomic mass is 32.2. The van der Waals surface area contributed by atoms with Crippen LogP contribution in [0.1, 0.15) is 28.4 Å². The lowest BCUT2D eigenvalue weighted by Gasteiger charge is -2.18. The number of nitrogens with one attached hydrogen (secondary N) is 1. The van der Waals surface area contributed by atoms with Gasteiger partial charge in [-0.1, -0.05) is 18.2 Å². The van der Waals surface area contributed by atoms with Crippen LogP contribution in [0.5, 0.6) is 5.75 Å². The van der Waals surface area contributed by atoms with Crippen molar-refractivity contribution in [2.75, 3.05) is 7.11 Å². The number of methoxy groups -OCH3 is 1. The molecule has 7 nitrogen and oxygen atoms in total. The van der Waals surface area contributed by atoms with Crippen LogP contribution in [0.25, 0.3) is 11.1 Å². The number of hydrogen-bond acceptors (Lipinski definition) is 5. The number of aromatic nitrogens is 2. The summed E-state index contributed by atoms with van der Waals surface area (Å²) in [7, 11) is -2.32. The smallest absolute Gasteiger partial charge is 0.247 e. The molecule has 4 rings (SSSR count). The van der Waals surface area contributed by atoms with Gasteiger partial charge in [-0.3, -0.25) is 9.89 Å². The number of nitrogens with zero attached hydrogens (tertiary/aromatic N) is 2. The molecule has 0 unspecified atom stereocenters. The summed E-state index contributed by atoms with van der Waals surface area (Å²) < 4.78 is 33.3. The normalized spacial score (nSPS) is 14.1. The number of ketones is 1. The van der Waals surface area contributed by atoms with E-state index in [0.717, 1.165) is 22.3 Å². The molecule has 2 heterocycles. The van der Waals surface area contributed by atoms with Crippen LogP contribution >= 0.6 is 0 Å². The van der Waals surface area contributed by atoms with E-state index in [4.69, 9.17) is 4.74 Å². The zero-order valence-electron chi connectivity index (χ0n) is 15.5. The third-order valence-electron chi connectivity index (χ3n) is 4.92. The summed E-state index contributed by atoms with van der Waals surface area (Å²) in [4.78, 5) is 11.7. The molecule has 8 heteroatoms. The number of fused-ring (bicyclic) bond motifs is 1. The number of aromatic amines is 1. The molecule has 0 saturated carbocycles. The van der Waals surface area contributed by atoms with Gasteiger partial charge < -0.3 is 4.74 Å². The molecular formula is C20H19N3O4S. The fourth-order valence-corrected chi connectivity index (χ4v) is 4.89. The molecule has 0 saturated heterocycles. The van der Waals surface area contributed by atoms with Gasteiger partial charge >= 0.3 is 0 Å². The molecule has 144 valence electrons. The lowest BCUT2D eigenvalue weighted by atomic mass is 10.0. The Bertz CT molecular complexity index is 1150. The molecule has 0 aliphatic carbocycles.